The Hall–Kier alpha value is -2.70. The maximum Gasteiger partial charge on any atom is 0.356 e. The highest BCUT2D eigenvalue weighted by Gasteiger charge is 2.20. The Morgan fingerprint density at radius 1 is 1.30 bits per heavy atom. The number of carbonyl (C=O) groups is 1. The van der Waals surface area contributed by atoms with Crippen LogP contribution >= 0.6 is 0 Å². The van der Waals surface area contributed by atoms with Crippen LogP contribution in [0.25, 0.3) is 5.69 Å². The molecule has 1 N–H and O–H groups in total. The first kappa shape index (κ1) is 13.7. The lowest BCUT2D eigenvalue weighted by atomic mass is 10.1. The number of nitrogens with zero attached hydrogens (tertiary/aromatic N) is 3. The molecule has 0 unspecified atom stereocenters. The third-order valence-electron chi connectivity index (χ3n) is 3.13. The zero-order valence-corrected chi connectivity index (χ0v) is 11.2. The fourth-order valence-corrected chi connectivity index (χ4v) is 2.16. The van der Waals surface area contributed by atoms with Crippen LogP contribution in [-0.4, -0.2) is 25.8 Å². The molecule has 0 saturated heterocycles. The number of hydrogen-bond donors (Lipinski definition) is 1. The van der Waals surface area contributed by atoms with E-state index in [1.807, 2.05) is 0 Å². The highest BCUT2D eigenvalue weighted by atomic mass is 16.6. The third kappa shape index (κ3) is 2.13. The molecule has 1 heterocycles. The molecule has 20 heavy (non-hydrogen) atoms. The number of nitro groups is 1. The summed E-state index contributed by atoms with van der Waals surface area (Å²) in [5.41, 5.74) is 2.20. The van der Waals surface area contributed by atoms with Crippen molar-refractivity contribution in [3.63, 3.8) is 0 Å². The van der Waals surface area contributed by atoms with Gasteiger partial charge in [0.2, 0.25) is 0 Å². The molecule has 7 heteroatoms. The first-order valence-electron chi connectivity index (χ1n) is 5.87. The minimum absolute atomic E-state index is 0.0179. The first-order valence-corrected chi connectivity index (χ1v) is 5.87. The molecule has 1 aromatic carbocycles. The Kier molecular flexibility index (Phi) is 3.27. The van der Waals surface area contributed by atoms with Gasteiger partial charge >= 0.3 is 5.97 Å². The summed E-state index contributed by atoms with van der Waals surface area (Å²) in [6, 6.07) is 3.06. The van der Waals surface area contributed by atoms with E-state index in [0.29, 0.717) is 16.8 Å². The molecule has 0 aliphatic carbocycles. The monoisotopic (exact) mass is 275 g/mol. The Bertz CT molecular complexity index is 719. The molecule has 104 valence electrons. The molecule has 0 radical (unpaired) electrons. The summed E-state index contributed by atoms with van der Waals surface area (Å²) in [6.07, 6.45) is 1.56. The molecule has 0 spiro atoms. The lowest BCUT2D eigenvalue weighted by Crippen LogP contribution is -2.06. The lowest BCUT2D eigenvalue weighted by molar-refractivity contribution is -0.385. The van der Waals surface area contributed by atoms with Crippen LogP contribution in [-0.2, 0) is 0 Å². The summed E-state index contributed by atoms with van der Waals surface area (Å²) in [5.74, 6) is -1.12. The largest absolute Gasteiger partial charge is 0.476 e. The van der Waals surface area contributed by atoms with Crippen LogP contribution in [0.3, 0.4) is 0 Å². The van der Waals surface area contributed by atoms with Gasteiger partial charge in [-0.1, -0.05) is 6.07 Å². The van der Waals surface area contributed by atoms with Gasteiger partial charge in [-0.3, -0.25) is 10.1 Å². The van der Waals surface area contributed by atoms with Gasteiger partial charge in [0.1, 0.15) is 0 Å². The van der Waals surface area contributed by atoms with E-state index in [2.05, 4.69) is 5.10 Å². The second kappa shape index (κ2) is 4.76. The highest BCUT2D eigenvalue weighted by Crippen LogP contribution is 2.27. The Morgan fingerprint density at radius 3 is 2.45 bits per heavy atom. The van der Waals surface area contributed by atoms with Crippen molar-refractivity contribution in [2.75, 3.05) is 0 Å². The quantitative estimate of drug-likeness (QED) is 0.685. The summed E-state index contributed by atoms with van der Waals surface area (Å²) >= 11 is 0. The van der Waals surface area contributed by atoms with Crippen molar-refractivity contribution in [1.82, 2.24) is 9.78 Å². The van der Waals surface area contributed by atoms with Crippen LogP contribution in [0.1, 0.15) is 27.2 Å². The van der Waals surface area contributed by atoms with Crippen molar-refractivity contribution in [1.29, 1.82) is 0 Å². The minimum Gasteiger partial charge on any atom is -0.476 e. The SMILES string of the molecule is Cc1cn(-c2c(C)ccc([N+](=O)[O-])c2C)nc1C(=O)O. The molecule has 2 rings (SSSR count). The summed E-state index contributed by atoms with van der Waals surface area (Å²) in [4.78, 5) is 21.5. The minimum atomic E-state index is -1.12. The molecule has 0 aliphatic rings. The summed E-state index contributed by atoms with van der Waals surface area (Å²) < 4.78 is 1.39. The molecule has 0 saturated carbocycles. The second-order valence-corrected chi connectivity index (χ2v) is 4.54. The van der Waals surface area contributed by atoms with E-state index in [1.54, 1.807) is 33.0 Å². The van der Waals surface area contributed by atoms with Crippen LogP contribution in [0.2, 0.25) is 0 Å². The average molecular weight is 275 g/mol. The second-order valence-electron chi connectivity index (χ2n) is 4.54. The fraction of sp³-hybridized carbons (Fsp3) is 0.231. The standard InChI is InChI=1S/C13H13N3O4/c1-7-4-5-10(16(19)20)9(3)12(7)15-6-8(2)11(14-15)13(17)18/h4-6H,1-3H3,(H,17,18). The van der Waals surface area contributed by atoms with E-state index in [1.165, 1.54) is 10.7 Å². The fourth-order valence-electron chi connectivity index (χ4n) is 2.16. The van der Waals surface area contributed by atoms with Gasteiger partial charge < -0.3 is 5.11 Å². The van der Waals surface area contributed by atoms with Crippen LogP contribution < -0.4 is 0 Å². The number of benzene rings is 1. The van der Waals surface area contributed by atoms with Crippen LogP contribution in [0.5, 0.6) is 0 Å². The van der Waals surface area contributed by atoms with Crippen molar-refractivity contribution in [3.8, 4) is 5.69 Å². The molecule has 0 amide bonds. The molecule has 0 bridgehead atoms. The third-order valence-corrected chi connectivity index (χ3v) is 3.13. The summed E-state index contributed by atoms with van der Waals surface area (Å²) in [7, 11) is 0. The number of hydrogen-bond acceptors (Lipinski definition) is 4. The van der Waals surface area contributed by atoms with E-state index in [4.69, 9.17) is 5.11 Å². The van der Waals surface area contributed by atoms with Gasteiger partial charge in [-0.15, -0.1) is 0 Å². The van der Waals surface area contributed by atoms with E-state index in [0.717, 1.165) is 5.56 Å². The van der Waals surface area contributed by atoms with Crippen molar-refractivity contribution in [2.24, 2.45) is 0 Å². The first-order chi connectivity index (χ1) is 9.32. The van der Waals surface area contributed by atoms with Crippen molar-refractivity contribution in [3.05, 3.63) is 50.8 Å². The zero-order valence-electron chi connectivity index (χ0n) is 11.2. The predicted molar refractivity (Wildman–Crippen MR) is 71.4 cm³/mol. The average Bonchev–Trinajstić information content (AvgIpc) is 2.70. The normalized spacial score (nSPS) is 10.6. The molecule has 2 aromatic rings. The molecule has 0 atom stereocenters. The van der Waals surface area contributed by atoms with Gasteiger partial charge in [-0.05, 0) is 26.3 Å². The maximum atomic E-state index is 11.0. The molecule has 7 nitrogen and oxygen atoms in total. The maximum absolute atomic E-state index is 11.0. The van der Waals surface area contributed by atoms with Crippen LogP contribution in [0.4, 0.5) is 5.69 Å². The Morgan fingerprint density at radius 2 is 1.95 bits per heavy atom. The van der Waals surface area contributed by atoms with Gasteiger partial charge in [-0.2, -0.15) is 5.10 Å². The van der Waals surface area contributed by atoms with E-state index < -0.39 is 10.9 Å². The number of rotatable bonds is 3. The Balaban J connectivity index is 2.69. The molecule has 0 aliphatic heterocycles. The van der Waals surface area contributed by atoms with Crippen molar-refractivity contribution >= 4 is 11.7 Å². The number of aromatic nitrogens is 2. The van der Waals surface area contributed by atoms with E-state index in [-0.39, 0.29) is 11.4 Å². The van der Waals surface area contributed by atoms with Gasteiger partial charge in [0.05, 0.1) is 16.2 Å². The van der Waals surface area contributed by atoms with Crippen LogP contribution in [0, 0.1) is 30.9 Å². The van der Waals surface area contributed by atoms with Crippen LogP contribution in [0.15, 0.2) is 18.3 Å². The number of carboxylic acid groups (broad SMARTS) is 1. The number of aromatic carboxylic acids is 1. The van der Waals surface area contributed by atoms with E-state index >= 15 is 0 Å². The Labute approximate surface area is 114 Å². The number of nitro benzene ring substituents is 1. The molecule has 1 aromatic heterocycles. The van der Waals surface area contributed by atoms with Gasteiger partial charge in [0.25, 0.3) is 5.69 Å². The molecular weight excluding hydrogens is 262 g/mol. The van der Waals surface area contributed by atoms with Crippen molar-refractivity contribution in [2.45, 2.75) is 20.8 Å². The summed E-state index contributed by atoms with van der Waals surface area (Å²) in [5, 5.41) is 24.0. The zero-order chi connectivity index (χ0) is 15.0. The molecular formula is C13H13N3O4. The predicted octanol–water partition coefficient (Wildman–Crippen LogP) is 2.40. The number of aryl methyl sites for hydroxylation is 2. The van der Waals surface area contributed by atoms with Crippen molar-refractivity contribution < 1.29 is 14.8 Å². The summed E-state index contributed by atoms with van der Waals surface area (Å²) in [6.45, 7) is 5.05. The topological polar surface area (TPSA) is 98.3 Å². The van der Waals surface area contributed by atoms with E-state index in [9.17, 15) is 14.9 Å². The van der Waals surface area contributed by atoms with Gasteiger partial charge in [0, 0.05) is 17.8 Å². The van der Waals surface area contributed by atoms with Gasteiger partial charge in [0.15, 0.2) is 5.69 Å². The van der Waals surface area contributed by atoms with Gasteiger partial charge in [-0.25, -0.2) is 9.48 Å². The highest BCUT2D eigenvalue weighted by molar-refractivity contribution is 5.87. The lowest BCUT2D eigenvalue weighted by Gasteiger charge is -2.09. The number of carboxylic acids is 1. The smallest absolute Gasteiger partial charge is 0.356 e. The molecule has 0 fully saturated rings.